The fourth-order valence-electron chi connectivity index (χ4n) is 3.79. The third-order valence-electron chi connectivity index (χ3n) is 5.37. The van der Waals surface area contributed by atoms with Crippen LogP contribution in [0.4, 0.5) is 5.69 Å². The largest absolute Gasteiger partial charge is 0.489 e. The van der Waals surface area contributed by atoms with Crippen molar-refractivity contribution >= 4 is 17.3 Å². The maximum absolute atomic E-state index is 6.33. The van der Waals surface area contributed by atoms with Gasteiger partial charge in [0.2, 0.25) is 5.82 Å². The van der Waals surface area contributed by atoms with Gasteiger partial charge in [-0.1, -0.05) is 29.6 Å². The Hall–Kier alpha value is -2.53. The van der Waals surface area contributed by atoms with E-state index in [2.05, 4.69) is 34.2 Å². The van der Waals surface area contributed by atoms with Gasteiger partial charge in [0, 0.05) is 29.9 Å². The highest BCUT2D eigenvalue weighted by atomic mass is 35.5. The van der Waals surface area contributed by atoms with Crippen molar-refractivity contribution in [3.63, 3.8) is 0 Å². The fraction of sp³-hybridized carbons (Fsp3) is 0.391. The lowest BCUT2D eigenvalue weighted by molar-refractivity contribution is 0.242. The number of anilines is 1. The van der Waals surface area contributed by atoms with Crippen LogP contribution in [0.2, 0.25) is 5.02 Å². The summed E-state index contributed by atoms with van der Waals surface area (Å²) in [5.41, 5.74) is 2.91. The summed E-state index contributed by atoms with van der Waals surface area (Å²) in [6, 6.07) is 14.5. The first kappa shape index (κ1) is 19.8. The van der Waals surface area contributed by atoms with Crippen LogP contribution in [0.3, 0.4) is 0 Å². The molecule has 0 aliphatic heterocycles. The monoisotopic (exact) mass is 411 g/mol. The topological polar surface area (TPSA) is 51.4 Å². The second-order valence-corrected chi connectivity index (χ2v) is 8.24. The van der Waals surface area contributed by atoms with E-state index in [4.69, 9.17) is 20.9 Å². The normalized spacial score (nSPS) is 14.5. The molecule has 152 valence electrons. The quantitative estimate of drug-likeness (QED) is 0.481. The summed E-state index contributed by atoms with van der Waals surface area (Å²) in [4.78, 5) is 6.92. The van der Waals surface area contributed by atoms with Gasteiger partial charge in [-0.2, -0.15) is 4.98 Å². The Morgan fingerprint density at radius 1 is 1.07 bits per heavy atom. The smallest absolute Gasteiger partial charge is 0.258 e. The summed E-state index contributed by atoms with van der Waals surface area (Å²) in [7, 11) is 2.17. The lowest BCUT2D eigenvalue weighted by Crippen LogP contribution is -2.28. The number of rotatable bonds is 6. The van der Waals surface area contributed by atoms with Crippen LogP contribution in [0.15, 0.2) is 47.0 Å². The summed E-state index contributed by atoms with van der Waals surface area (Å²) in [5, 5.41) is 4.65. The molecule has 0 saturated heterocycles. The van der Waals surface area contributed by atoms with E-state index in [0.717, 1.165) is 11.1 Å². The van der Waals surface area contributed by atoms with Crippen LogP contribution in [0, 0.1) is 0 Å². The summed E-state index contributed by atoms with van der Waals surface area (Å²) in [6.07, 6.45) is 5.26. The molecule has 0 atom stereocenters. The van der Waals surface area contributed by atoms with Gasteiger partial charge in [-0.15, -0.1) is 0 Å². The molecule has 0 radical (unpaired) electrons. The van der Waals surface area contributed by atoms with Gasteiger partial charge in [-0.3, -0.25) is 0 Å². The maximum atomic E-state index is 6.33. The Labute approximate surface area is 176 Å². The van der Waals surface area contributed by atoms with Crippen LogP contribution in [-0.2, 0) is 0 Å². The van der Waals surface area contributed by atoms with E-state index in [-0.39, 0.29) is 6.10 Å². The second kappa shape index (κ2) is 8.46. The molecule has 0 amide bonds. The highest BCUT2D eigenvalue weighted by molar-refractivity contribution is 6.32. The SMILES string of the molecule is CC(C)Oc1ccc(-c2noc(-c3ccc(N(C)C4CCCC4)cc3)n2)cc1Cl. The molecular weight excluding hydrogens is 386 g/mol. The lowest BCUT2D eigenvalue weighted by atomic mass is 10.1. The van der Waals surface area contributed by atoms with Crippen LogP contribution < -0.4 is 9.64 Å². The standard InChI is InChI=1S/C23H26ClN3O2/c1-15(2)28-21-13-10-17(14-20(21)24)22-25-23(29-26-22)16-8-11-19(12-9-16)27(3)18-6-4-5-7-18/h8-15,18H,4-7H2,1-3H3. The van der Waals surface area contributed by atoms with Crippen LogP contribution in [0.1, 0.15) is 39.5 Å². The Kier molecular flexibility index (Phi) is 5.76. The summed E-state index contributed by atoms with van der Waals surface area (Å²) in [5.74, 6) is 1.65. The summed E-state index contributed by atoms with van der Waals surface area (Å²) < 4.78 is 11.2. The molecule has 1 aliphatic rings. The van der Waals surface area contributed by atoms with Crippen molar-refractivity contribution in [1.29, 1.82) is 0 Å². The Bertz CT molecular complexity index is 963. The molecule has 0 unspecified atom stereocenters. The zero-order chi connectivity index (χ0) is 20.4. The van der Waals surface area contributed by atoms with E-state index in [0.29, 0.717) is 28.5 Å². The van der Waals surface area contributed by atoms with Gasteiger partial charge >= 0.3 is 0 Å². The molecule has 1 aromatic heterocycles. The molecule has 1 fully saturated rings. The van der Waals surface area contributed by atoms with Gasteiger partial charge < -0.3 is 14.2 Å². The number of benzene rings is 2. The van der Waals surface area contributed by atoms with E-state index in [9.17, 15) is 0 Å². The molecule has 4 rings (SSSR count). The van der Waals surface area contributed by atoms with Gasteiger partial charge in [0.15, 0.2) is 0 Å². The maximum Gasteiger partial charge on any atom is 0.258 e. The van der Waals surface area contributed by atoms with Crippen LogP contribution >= 0.6 is 11.6 Å². The van der Waals surface area contributed by atoms with Crippen molar-refractivity contribution in [3.8, 4) is 28.6 Å². The van der Waals surface area contributed by atoms with Gasteiger partial charge in [0.1, 0.15) is 5.75 Å². The molecule has 5 nitrogen and oxygen atoms in total. The van der Waals surface area contributed by atoms with Crippen molar-refractivity contribution < 1.29 is 9.26 Å². The van der Waals surface area contributed by atoms with Crippen molar-refractivity contribution in [2.75, 3.05) is 11.9 Å². The molecule has 1 saturated carbocycles. The number of hydrogen-bond donors (Lipinski definition) is 0. The third-order valence-corrected chi connectivity index (χ3v) is 5.67. The van der Waals surface area contributed by atoms with Crippen molar-refractivity contribution in [2.45, 2.75) is 51.7 Å². The predicted molar refractivity (Wildman–Crippen MR) is 117 cm³/mol. The first-order valence-electron chi connectivity index (χ1n) is 10.1. The van der Waals surface area contributed by atoms with Gasteiger partial charge in [0.05, 0.1) is 11.1 Å². The van der Waals surface area contributed by atoms with Gasteiger partial charge in [-0.25, -0.2) is 0 Å². The molecular formula is C23H26ClN3O2. The minimum atomic E-state index is 0.0609. The van der Waals surface area contributed by atoms with Crippen molar-refractivity contribution in [2.24, 2.45) is 0 Å². The summed E-state index contributed by atoms with van der Waals surface area (Å²) in [6.45, 7) is 3.93. The Morgan fingerprint density at radius 3 is 2.41 bits per heavy atom. The van der Waals surface area contributed by atoms with E-state index < -0.39 is 0 Å². The first-order valence-corrected chi connectivity index (χ1v) is 10.5. The number of ether oxygens (including phenoxy) is 1. The third kappa shape index (κ3) is 4.40. The molecule has 6 heteroatoms. The molecule has 3 aromatic rings. The molecule has 2 aromatic carbocycles. The highest BCUT2D eigenvalue weighted by Crippen LogP contribution is 2.32. The van der Waals surface area contributed by atoms with Crippen LogP contribution in [-0.4, -0.2) is 29.3 Å². The predicted octanol–water partition coefficient (Wildman–Crippen LogP) is 6.22. The molecule has 0 spiro atoms. The van der Waals surface area contributed by atoms with Gasteiger partial charge in [0.25, 0.3) is 5.89 Å². The zero-order valence-corrected chi connectivity index (χ0v) is 17.8. The fourth-order valence-corrected chi connectivity index (χ4v) is 4.01. The summed E-state index contributed by atoms with van der Waals surface area (Å²) >= 11 is 6.33. The molecule has 0 bridgehead atoms. The number of hydrogen-bond acceptors (Lipinski definition) is 5. The Morgan fingerprint density at radius 2 is 1.76 bits per heavy atom. The van der Waals surface area contributed by atoms with E-state index in [1.54, 1.807) is 6.07 Å². The van der Waals surface area contributed by atoms with Crippen molar-refractivity contribution in [3.05, 3.63) is 47.5 Å². The molecule has 1 heterocycles. The zero-order valence-electron chi connectivity index (χ0n) is 17.1. The number of aromatic nitrogens is 2. The van der Waals surface area contributed by atoms with E-state index >= 15 is 0 Å². The van der Waals surface area contributed by atoms with Crippen LogP contribution in [0.25, 0.3) is 22.8 Å². The van der Waals surface area contributed by atoms with E-state index in [1.165, 1.54) is 31.4 Å². The molecule has 0 N–H and O–H groups in total. The average molecular weight is 412 g/mol. The van der Waals surface area contributed by atoms with Crippen molar-refractivity contribution in [1.82, 2.24) is 10.1 Å². The highest BCUT2D eigenvalue weighted by Gasteiger charge is 2.20. The van der Waals surface area contributed by atoms with Gasteiger partial charge in [-0.05, 0) is 69.2 Å². The average Bonchev–Trinajstić information content (AvgIpc) is 3.41. The second-order valence-electron chi connectivity index (χ2n) is 7.83. The minimum absolute atomic E-state index is 0.0609. The number of halogens is 1. The van der Waals surface area contributed by atoms with E-state index in [1.807, 2.05) is 38.1 Å². The lowest BCUT2D eigenvalue weighted by Gasteiger charge is -2.26. The van der Waals surface area contributed by atoms with Crippen LogP contribution in [0.5, 0.6) is 5.75 Å². The molecule has 29 heavy (non-hydrogen) atoms. The first-order chi connectivity index (χ1) is 14.0. The molecule has 1 aliphatic carbocycles. The number of nitrogens with zero attached hydrogens (tertiary/aromatic N) is 3. The minimum Gasteiger partial charge on any atom is -0.489 e. The Balaban J connectivity index is 1.51.